The molecule has 0 aromatic heterocycles. The van der Waals surface area contributed by atoms with E-state index in [4.69, 9.17) is 10.5 Å². The quantitative estimate of drug-likeness (QED) is 0.829. The van der Waals surface area contributed by atoms with Crippen molar-refractivity contribution in [3.63, 3.8) is 0 Å². The molecule has 100 valence electrons. The fourth-order valence-corrected chi connectivity index (χ4v) is 2.31. The van der Waals surface area contributed by atoms with E-state index in [9.17, 15) is 0 Å². The normalized spacial score (nSPS) is 10.5. The Labute approximate surface area is 121 Å². The van der Waals surface area contributed by atoms with Crippen molar-refractivity contribution in [1.82, 2.24) is 0 Å². The molecule has 0 fully saturated rings. The standard InChI is InChI=1S/C15H17BrN2O/c1-10-6-15(13(16)8-14(10)17)18-12-5-3-4-11(7-12)9-19-2/h3-8,18H,9,17H2,1-2H3. The molecule has 0 bridgehead atoms. The van der Waals surface area contributed by atoms with Gasteiger partial charge in [0, 0.05) is 23.0 Å². The minimum atomic E-state index is 0.609. The smallest absolute Gasteiger partial charge is 0.0713 e. The van der Waals surface area contributed by atoms with Crippen molar-refractivity contribution in [3.05, 3.63) is 52.0 Å². The number of ether oxygens (including phenoxy) is 1. The third-order valence-electron chi connectivity index (χ3n) is 2.87. The van der Waals surface area contributed by atoms with E-state index < -0.39 is 0 Å². The average molecular weight is 321 g/mol. The molecule has 3 N–H and O–H groups in total. The van der Waals surface area contributed by atoms with Crippen molar-refractivity contribution in [3.8, 4) is 0 Å². The van der Waals surface area contributed by atoms with Crippen LogP contribution in [0.1, 0.15) is 11.1 Å². The summed E-state index contributed by atoms with van der Waals surface area (Å²) in [7, 11) is 1.69. The SMILES string of the molecule is COCc1cccc(Nc2cc(C)c(N)cc2Br)c1. The van der Waals surface area contributed by atoms with Crippen LogP contribution in [0.3, 0.4) is 0 Å². The Morgan fingerprint density at radius 2 is 2.05 bits per heavy atom. The molecule has 0 saturated heterocycles. The zero-order valence-electron chi connectivity index (χ0n) is 11.0. The van der Waals surface area contributed by atoms with Crippen LogP contribution in [0.25, 0.3) is 0 Å². The number of rotatable bonds is 4. The van der Waals surface area contributed by atoms with Gasteiger partial charge in [-0.25, -0.2) is 0 Å². The van der Waals surface area contributed by atoms with Crippen LogP contribution in [0.4, 0.5) is 17.1 Å². The summed E-state index contributed by atoms with van der Waals surface area (Å²) in [6.45, 7) is 2.60. The lowest BCUT2D eigenvalue weighted by atomic mass is 10.1. The molecular formula is C15H17BrN2O. The van der Waals surface area contributed by atoms with Crippen LogP contribution in [0.2, 0.25) is 0 Å². The van der Waals surface area contributed by atoms with Crippen molar-refractivity contribution >= 4 is 33.0 Å². The van der Waals surface area contributed by atoms with E-state index in [1.165, 1.54) is 0 Å². The lowest BCUT2D eigenvalue weighted by molar-refractivity contribution is 0.185. The summed E-state index contributed by atoms with van der Waals surface area (Å²) in [4.78, 5) is 0. The average Bonchev–Trinajstić information content (AvgIpc) is 2.37. The van der Waals surface area contributed by atoms with Gasteiger partial charge in [-0.2, -0.15) is 0 Å². The summed E-state index contributed by atoms with van der Waals surface area (Å²) in [6.07, 6.45) is 0. The number of aryl methyl sites for hydroxylation is 1. The minimum absolute atomic E-state index is 0.609. The third-order valence-corrected chi connectivity index (χ3v) is 3.53. The summed E-state index contributed by atoms with van der Waals surface area (Å²) >= 11 is 3.52. The topological polar surface area (TPSA) is 47.3 Å². The number of nitrogen functional groups attached to an aromatic ring is 1. The van der Waals surface area contributed by atoms with E-state index >= 15 is 0 Å². The second-order valence-electron chi connectivity index (χ2n) is 4.45. The Hall–Kier alpha value is -1.52. The van der Waals surface area contributed by atoms with Crippen LogP contribution >= 0.6 is 15.9 Å². The van der Waals surface area contributed by atoms with Gasteiger partial charge < -0.3 is 15.8 Å². The molecule has 0 atom stereocenters. The summed E-state index contributed by atoms with van der Waals surface area (Å²) in [5.74, 6) is 0. The molecule has 0 aliphatic rings. The summed E-state index contributed by atoms with van der Waals surface area (Å²) < 4.78 is 6.09. The monoisotopic (exact) mass is 320 g/mol. The van der Waals surface area contributed by atoms with Gasteiger partial charge in [-0.05, 0) is 58.2 Å². The lowest BCUT2D eigenvalue weighted by Crippen LogP contribution is -1.96. The predicted octanol–water partition coefficient (Wildman–Crippen LogP) is 4.23. The number of nitrogens with one attached hydrogen (secondary N) is 1. The first-order chi connectivity index (χ1) is 9.10. The maximum absolute atomic E-state index is 5.87. The van der Waals surface area contributed by atoms with Gasteiger partial charge in [0.2, 0.25) is 0 Å². The fraction of sp³-hybridized carbons (Fsp3) is 0.200. The van der Waals surface area contributed by atoms with Crippen molar-refractivity contribution in [1.29, 1.82) is 0 Å². The molecule has 0 unspecified atom stereocenters. The number of nitrogens with two attached hydrogens (primary N) is 1. The predicted molar refractivity (Wildman–Crippen MR) is 83.7 cm³/mol. The van der Waals surface area contributed by atoms with E-state index in [2.05, 4.69) is 27.3 Å². The molecule has 0 spiro atoms. The maximum atomic E-state index is 5.87. The van der Waals surface area contributed by atoms with Crippen LogP contribution in [0.15, 0.2) is 40.9 Å². The molecule has 19 heavy (non-hydrogen) atoms. The zero-order chi connectivity index (χ0) is 13.8. The first-order valence-corrected chi connectivity index (χ1v) is 6.80. The molecule has 0 aliphatic heterocycles. The minimum Gasteiger partial charge on any atom is -0.398 e. The van der Waals surface area contributed by atoms with Gasteiger partial charge in [0.15, 0.2) is 0 Å². The van der Waals surface area contributed by atoms with Gasteiger partial charge in [0.05, 0.1) is 12.3 Å². The zero-order valence-corrected chi connectivity index (χ0v) is 12.6. The molecular weight excluding hydrogens is 304 g/mol. The molecule has 0 heterocycles. The number of anilines is 3. The second-order valence-corrected chi connectivity index (χ2v) is 5.30. The number of methoxy groups -OCH3 is 1. The van der Waals surface area contributed by atoms with Gasteiger partial charge in [-0.1, -0.05) is 12.1 Å². The van der Waals surface area contributed by atoms with Gasteiger partial charge >= 0.3 is 0 Å². The molecule has 0 amide bonds. The van der Waals surface area contributed by atoms with Crippen molar-refractivity contribution in [2.75, 3.05) is 18.2 Å². The highest BCUT2D eigenvalue weighted by Crippen LogP contribution is 2.30. The Kier molecular flexibility index (Phi) is 4.45. The first kappa shape index (κ1) is 13.9. The largest absolute Gasteiger partial charge is 0.398 e. The maximum Gasteiger partial charge on any atom is 0.0713 e. The summed E-state index contributed by atoms with van der Waals surface area (Å²) in [5.41, 5.74) is 10.9. The Morgan fingerprint density at radius 1 is 1.26 bits per heavy atom. The molecule has 2 aromatic carbocycles. The molecule has 2 aromatic rings. The molecule has 0 aliphatic carbocycles. The van der Waals surface area contributed by atoms with Crippen LogP contribution in [-0.4, -0.2) is 7.11 Å². The molecule has 4 heteroatoms. The number of benzene rings is 2. The van der Waals surface area contributed by atoms with Crippen molar-refractivity contribution in [2.24, 2.45) is 0 Å². The van der Waals surface area contributed by atoms with E-state index in [0.29, 0.717) is 6.61 Å². The van der Waals surface area contributed by atoms with Gasteiger partial charge in [0.1, 0.15) is 0 Å². The van der Waals surface area contributed by atoms with E-state index in [-0.39, 0.29) is 0 Å². The first-order valence-electron chi connectivity index (χ1n) is 6.00. The van der Waals surface area contributed by atoms with E-state index in [1.807, 2.05) is 37.3 Å². The summed E-state index contributed by atoms with van der Waals surface area (Å²) in [6, 6.07) is 12.1. The highest BCUT2D eigenvalue weighted by Gasteiger charge is 2.04. The third kappa shape index (κ3) is 3.49. The van der Waals surface area contributed by atoms with Crippen molar-refractivity contribution < 1.29 is 4.74 Å². The van der Waals surface area contributed by atoms with Crippen molar-refractivity contribution in [2.45, 2.75) is 13.5 Å². The fourth-order valence-electron chi connectivity index (χ4n) is 1.85. The van der Waals surface area contributed by atoms with E-state index in [1.54, 1.807) is 7.11 Å². The molecule has 0 saturated carbocycles. The Bertz CT molecular complexity index is 584. The number of hydrogen-bond donors (Lipinski definition) is 2. The van der Waals surface area contributed by atoms with Crippen LogP contribution in [0, 0.1) is 6.92 Å². The second kappa shape index (κ2) is 6.08. The molecule has 3 nitrogen and oxygen atoms in total. The van der Waals surface area contributed by atoms with Crippen LogP contribution in [-0.2, 0) is 11.3 Å². The van der Waals surface area contributed by atoms with Gasteiger partial charge in [-0.3, -0.25) is 0 Å². The van der Waals surface area contributed by atoms with Gasteiger partial charge in [-0.15, -0.1) is 0 Å². The molecule has 0 radical (unpaired) electrons. The highest BCUT2D eigenvalue weighted by molar-refractivity contribution is 9.10. The number of hydrogen-bond acceptors (Lipinski definition) is 3. The van der Waals surface area contributed by atoms with Gasteiger partial charge in [0.25, 0.3) is 0 Å². The Balaban J connectivity index is 2.25. The van der Waals surface area contributed by atoms with Crippen LogP contribution in [0.5, 0.6) is 0 Å². The van der Waals surface area contributed by atoms with E-state index in [0.717, 1.165) is 32.7 Å². The molecule has 2 rings (SSSR count). The lowest BCUT2D eigenvalue weighted by Gasteiger charge is -2.12. The highest BCUT2D eigenvalue weighted by atomic mass is 79.9. The summed E-state index contributed by atoms with van der Waals surface area (Å²) in [5, 5.41) is 3.38. The van der Waals surface area contributed by atoms with Crippen LogP contribution < -0.4 is 11.1 Å². The Morgan fingerprint density at radius 3 is 2.79 bits per heavy atom. The number of halogens is 1.